The minimum absolute atomic E-state index is 0.224. The fraction of sp³-hybridized carbons (Fsp3) is 0.357. The van der Waals surface area contributed by atoms with E-state index in [4.69, 9.17) is 5.73 Å². The number of likely N-dealkylation sites (N-methyl/N-ethyl adjacent to an activating group) is 1. The highest BCUT2D eigenvalue weighted by molar-refractivity contribution is 7.13. The Balaban J connectivity index is 1.73. The Kier molecular flexibility index (Phi) is 3.94. The topological polar surface area (TPSA) is 57.4 Å². The van der Waals surface area contributed by atoms with Crippen molar-refractivity contribution in [2.75, 3.05) is 49.2 Å². The molecule has 1 aliphatic rings. The average molecular weight is 306 g/mol. The highest BCUT2D eigenvalue weighted by Gasteiger charge is 2.17. The molecule has 21 heavy (non-hydrogen) atoms. The smallest absolute Gasteiger partial charge is 0.189 e. The minimum Gasteiger partial charge on any atom is -0.382 e. The third-order valence-electron chi connectivity index (χ3n) is 3.52. The second kappa shape index (κ2) is 5.87. The molecule has 2 aromatic rings. The Labute approximate surface area is 127 Å². The summed E-state index contributed by atoms with van der Waals surface area (Å²) in [5.41, 5.74) is 6.83. The van der Waals surface area contributed by atoms with Crippen LogP contribution in [0.1, 0.15) is 0 Å². The molecule has 0 saturated carbocycles. The zero-order valence-electron chi connectivity index (χ0n) is 11.8. The average Bonchev–Trinajstić information content (AvgIpc) is 2.86. The number of nitrogens with two attached hydrogens (primary N) is 1. The SMILES string of the molecule is CN1CCN(c2ccc(Nc3nc(N)[c]s3)cc2F)CC1. The van der Waals surface area contributed by atoms with Crippen molar-refractivity contribution in [1.29, 1.82) is 0 Å². The van der Waals surface area contributed by atoms with E-state index in [1.807, 2.05) is 12.1 Å². The van der Waals surface area contributed by atoms with Gasteiger partial charge in [0.05, 0.1) is 11.1 Å². The van der Waals surface area contributed by atoms with Gasteiger partial charge in [-0.2, -0.15) is 0 Å². The number of nitrogens with one attached hydrogen (secondary N) is 1. The normalized spacial score (nSPS) is 16.2. The van der Waals surface area contributed by atoms with Gasteiger partial charge in [0.15, 0.2) is 5.13 Å². The lowest BCUT2D eigenvalue weighted by Crippen LogP contribution is -2.44. The number of piperazine rings is 1. The van der Waals surface area contributed by atoms with Gasteiger partial charge in [-0.3, -0.25) is 0 Å². The van der Waals surface area contributed by atoms with E-state index in [1.165, 1.54) is 17.4 Å². The minimum atomic E-state index is -0.224. The molecule has 1 fully saturated rings. The van der Waals surface area contributed by atoms with Crippen LogP contribution in [0.3, 0.4) is 0 Å². The lowest BCUT2D eigenvalue weighted by atomic mass is 10.2. The van der Waals surface area contributed by atoms with Crippen LogP contribution in [-0.2, 0) is 0 Å². The molecule has 1 saturated heterocycles. The third-order valence-corrected chi connectivity index (χ3v) is 4.22. The predicted molar refractivity (Wildman–Crippen MR) is 84.8 cm³/mol. The quantitative estimate of drug-likeness (QED) is 0.910. The van der Waals surface area contributed by atoms with Crippen molar-refractivity contribution in [3.05, 3.63) is 29.4 Å². The molecule has 7 heteroatoms. The summed E-state index contributed by atoms with van der Waals surface area (Å²) in [6, 6.07) is 5.16. The highest BCUT2D eigenvalue weighted by Crippen LogP contribution is 2.27. The number of hydrogen-bond donors (Lipinski definition) is 2. The molecular formula is C14H17FN5S. The van der Waals surface area contributed by atoms with Crippen molar-refractivity contribution < 1.29 is 4.39 Å². The number of hydrogen-bond acceptors (Lipinski definition) is 6. The molecule has 1 radical (unpaired) electrons. The summed E-state index contributed by atoms with van der Waals surface area (Å²) in [4.78, 5) is 8.37. The molecule has 2 heterocycles. The molecule has 1 aromatic carbocycles. The van der Waals surface area contributed by atoms with Gasteiger partial charge in [-0.05, 0) is 25.2 Å². The van der Waals surface area contributed by atoms with Crippen LogP contribution < -0.4 is 16.0 Å². The van der Waals surface area contributed by atoms with Gasteiger partial charge in [0.2, 0.25) is 0 Å². The van der Waals surface area contributed by atoms with E-state index in [-0.39, 0.29) is 5.82 Å². The second-order valence-electron chi connectivity index (χ2n) is 5.09. The summed E-state index contributed by atoms with van der Waals surface area (Å²) in [5, 5.41) is 6.45. The number of rotatable bonds is 3. The van der Waals surface area contributed by atoms with E-state index in [0.717, 1.165) is 26.2 Å². The zero-order chi connectivity index (χ0) is 14.8. The number of halogens is 1. The maximum Gasteiger partial charge on any atom is 0.189 e. The molecule has 1 aliphatic heterocycles. The molecule has 0 unspecified atom stereocenters. The molecule has 3 N–H and O–H groups in total. The van der Waals surface area contributed by atoms with Crippen LogP contribution in [0.15, 0.2) is 18.2 Å². The fourth-order valence-corrected chi connectivity index (χ4v) is 2.88. The van der Waals surface area contributed by atoms with Crippen LogP contribution in [0.4, 0.5) is 26.7 Å². The molecule has 1 aromatic heterocycles. The molecule has 111 valence electrons. The maximum atomic E-state index is 14.3. The van der Waals surface area contributed by atoms with E-state index >= 15 is 0 Å². The van der Waals surface area contributed by atoms with Crippen molar-refractivity contribution in [3.63, 3.8) is 0 Å². The van der Waals surface area contributed by atoms with Crippen molar-refractivity contribution >= 4 is 33.7 Å². The van der Waals surface area contributed by atoms with Crippen molar-refractivity contribution in [2.45, 2.75) is 0 Å². The molecule has 0 aliphatic carbocycles. The van der Waals surface area contributed by atoms with Crippen molar-refractivity contribution in [1.82, 2.24) is 9.88 Å². The fourth-order valence-electron chi connectivity index (χ4n) is 2.32. The predicted octanol–water partition coefficient (Wildman–Crippen LogP) is 2.16. The third kappa shape index (κ3) is 3.25. The van der Waals surface area contributed by atoms with E-state index in [0.29, 0.717) is 22.3 Å². The Morgan fingerprint density at radius 2 is 2.10 bits per heavy atom. The maximum absolute atomic E-state index is 14.3. The molecule has 3 rings (SSSR count). The Morgan fingerprint density at radius 1 is 1.33 bits per heavy atom. The second-order valence-corrected chi connectivity index (χ2v) is 5.88. The van der Waals surface area contributed by atoms with Gasteiger partial charge in [0, 0.05) is 31.9 Å². The van der Waals surface area contributed by atoms with E-state index < -0.39 is 0 Å². The summed E-state index contributed by atoms with van der Waals surface area (Å²) in [6.07, 6.45) is 0. The van der Waals surface area contributed by atoms with Crippen molar-refractivity contribution in [3.8, 4) is 0 Å². The Hall–Kier alpha value is -1.86. The summed E-state index contributed by atoms with van der Waals surface area (Å²) < 4.78 is 14.3. The Morgan fingerprint density at radius 3 is 2.71 bits per heavy atom. The monoisotopic (exact) mass is 306 g/mol. The first-order valence-corrected chi connectivity index (χ1v) is 7.57. The highest BCUT2D eigenvalue weighted by atomic mass is 32.1. The number of aromatic nitrogens is 1. The zero-order valence-corrected chi connectivity index (χ0v) is 12.6. The number of thiazole rings is 1. The van der Waals surface area contributed by atoms with Crippen LogP contribution in [0.25, 0.3) is 0 Å². The standard InChI is InChI=1S/C14H17FN5S/c1-19-4-6-20(7-5-19)12-3-2-10(8-11(12)15)17-14-18-13(16)9-21-14/h2-3,8H,4-7,16H2,1H3,(H,17,18). The van der Waals surface area contributed by atoms with Gasteiger partial charge < -0.3 is 20.9 Å². The summed E-state index contributed by atoms with van der Waals surface area (Å²) in [6.45, 7) is 3.59. The van der Waals surface area contributed by atoms with Gasteiger partial charge in [0.1, 0.15) is 11.6 Å². The van der Waals surface area contributed by atoms with E-state index in [2.05, 4.69) is 32.5 Å². The van der Waals surface area contributed by atoms with Gasteiger partial charge in [-0.1, -0.05) is 11.3 Å². The van der Waals surface area contributed by atoms with Crippen LogP contribution in [0.2, 0.25) is 0 Å². The molecular weight excluding hydrogens is 289 g/mol. The lowest BCUT2D eigenvalue weighted by Gasteiger charge is -2.34. The summed E-state index contributed by atoms with van der Waals surface area (Å²) in [7, 11) is 2.08. The molecule has 0 spiro atoms. The van der Waals surface area contributed by atoms with Gasteiger partial charge in [-0.15, -0.1) is 0 Å². The van der Waals surface area contributed by atoms with Crippen LogP contribution in [0.5, 0.6) is 0 Å². The van der Waals surface area contributed by atoms with Crippen LogP contribution >= 0.6 is 11.3 Å². The first-order valence-electron chi connectivity index (χ1n) is 6.76. The van der Waals surface area contributed by atoms with Crippen molar-refractivity contribution in [2.24, 2.45) is 0 Å². The largest absolute Gasteiger partial charge is 0.382 e. The molecule has 0 bridgehead atoms. The van der Waals surface area contributed by atoms with Crippen LogP contribution in [-0.4, -0.2) is 43.1 Å². The molecule has 5 nitrogen and oxygen atoms in total. The van der Waals surface area contributed by atoms with Crippen LogP contribution in [0, 0.1) is 11.2 Å². The van der Waals surface area contributed by atoms with E-state index in [9.17, 15) is 4.39 Å². The number of nitrogens with zero attached hydrogens (tertiary/aromatic N) is 3. The summed E-state index contributed by atoms with van der Waals surface area (Å²) in [5.74, 6) is 0.120. The number of anilines is 4. The van der Waals surface area contributed by atoms with Gasteiger partial charge >= 0.3 is 0 Å². The van der Waals surface area contributed by atoms with Gasteiger partial charge in [0.25, 0.3) is 0 Å². The van der Waals surface area contributed by atoms with Gasteiger partial charge in [-0.25, -0.2) is 9.37 Å². The summed E-state index contributed by atoms with van der Waals surface area (Å²) >= 11 is 1.27. The number of benzene rings is 1. The van der Waals surface area contributed by atoms with E-state index in [1.54, 1.807) is 0 Å². The first kappa shape index (κ1) is 14.1. The first-order chi connectivity index (χ1) is 10.1. The molecule has 0 amide bonds. The molecule has 0 atom stereocenters. The lowest BCUT2D eigenvalue weighted by molar-refractivity contribution is 0.311. The Bertz CT molecular complexity index is 622. The number of nitrogen functional groups attached to an aromatic ring is 1.